The average molecular weight is 454 g/mol. The highest BCUT2D eigenvalue weighted by Crippen LogP contribution is 2.26. The first-order valence-corrected chi connectivity index (χ1v) is 10.4. The Bertz CT molecular complexity index is 1080. The standard InChI is InChI=1S/C21H16BrN3O2S/c22-18-11-5-4-10-17(18)19(26)14-28-21-24-23-20(15-7-2-1-3-8-15)25(21)13-16-9-6-12-27-16/h1-12H,13-14H2. The van der Waals surface area contributed by atoms with Gasteiger partial charge in [0, 0.05) is 15.6 Å². The number of hydrogen-bond acceptors (Lipinski definition) is 5. The van der Waals surface area contributed by atoms with Crippen molar-refractivity contribution in [3.05, 3.63) is 88.8 Å². The minimum atomic E-state index is 0.0336. The largest absolute Gasteiger partial charge is 0.467 e. The number of aromatic nitrogens is 3. The van der Waals surface area contributed by atoms with Crippen molar-refractivity contribution in [2.45, 2.75) is 11.7 Å². The van der Waals surface area contributed by atoms with Crippen molar-refractivity contribution in [2.24, 2.45) is 0 Å². The highest BCUT2D eigenvalue weighted by atomic mass is 79.9. The topological polar surface area (TPSA) is 60.9 Å². The zero-order valence-electron chi connectivity index (χ0n) is 14.8. The molecule has 0 radical (unpaired) electrons. The maximum atomic E-state index is 12.6. The Morgan fingerprint density at radius 2 is 1.79 bits per heavy atom. The second-order valence-corrected chi connectivity index (χ2v) is 7.83. The summed E-state index contributed by atoms with van der Waals surface area (Å²) in [6, 6.07) is 21.1. The van der Waals surface area contributed by atoms with E-state index in [4.69, 9.17) is 4.42 Å². The van der Waals surface area contributed by atoms with Crippen LogP contribution in [0.3, 0.4) is 0 Å². The normalized spacial score (nSPS) is 10.9. The Balaban J connectivity index is 1.60. The lowest BCUT2D eigenvalue weighted by Gasteiger charge is -2.09. The summed E-state index contributed by atoms with van der Waals surface area (Å²) in [7, 11) is 0. The molecule has 0 N–H and O–H groups in total. The second-order valence-electron chi connectivity index (χ2n) is 6.03. The third-order valence-electron chi connectivity index (χ3n) is 4.15. The van der Waals surface area contributed by atoms with Crippen LogP contribution < -0.4 is 0 Å². The molecule has 0 bridgehead atoms. The minimum Gasteiger partial charge on any atom is -0.467 e. The Morgan fingerprint density at radius 3 is 2.54 bits per heavy atom. The van der Waals surface area contributed by atoms with Gasteiger partial charge >= 0.3 is 0 Å². The van der Waals surface area contributed by atoms with Crippen molar-refractivity contribution in [3.8, 4) is 11.4 Å². The molecule has 0 spiro atoms. The number of halogens is 1. The summed E-state index contributed by atoms with van der Waals surface area (Å²) >= 11 is 4.81. The number of nitrogens with zero attached hydrogens (tertiary/aromatic N) is 3. The molecular weight excluding hydrogens is 438 g/mol. The number of furan rings is 1. The maximum Gasteiger partial charge on any atom is 0.192 e. The summed E-state index contributed by atoms with van der Waals surface area (Å²) in [5, 5.41) is 9.37. The van der Waals surface area contributed by atoms with Gasteiger partial charge < -0.3 is 4.42 Å². The fraction of sp³-hybridized carbons (Fsp3) is 0.0952. The lowest BCUT2D eigenvalue weighted by molar-refractivity contribution is 0.102. The predicted octanol–water partition coefficient (Wildman–Crippen LogP) is 5.32. The molecule has 140 valence electrons. The summed E-state index contributed by atoms with van der Waals surface area (Å²) in [4.78, 5) is 12.6. The van der Waals surface area contributed by atoms with Crippen LogP contribution in [0.4, 0.5) is 0 Å². The van der Waals surface area contributed by atoms with Gasteiger partial charge in [0.25, 0.3) is 0 Å². The molecule has 2 aromatic heterocycles. The molecule has 0 saturated carbocycles. The van der Waals surface area contributed by atoms with Gasteiger partial charge in [-0.3, -0.25) is 9.36 Å². The number of ketones is 1. The van der Waals surface area contributed by atoms with Gasteiger partial charge in [0.15, 0.2) is 16.8 Å². The molecule has 28 heavy (non-hydrogen) atoms. The fourth-order valence-electron chi connectivity index (χ4n) is 2.79. The molecule has 0 aliphatic heterocycles. The number of thioether (sulfide) groups is 1. The van der Waals surface area contributed by atoms with Gasteiger partial charge in [-0.25, -0.2) is 0 Å². The highest BCUT2D eigenvalue weighted by molar-refractivity contribution is 9.10. The van der Waals surface area contributed by atoms with Gasteiger partial charge in [-0.1, -0.05) is 76.2 Å². The van der Waals surface area contributed by atoms with E-state index in [1.807, 2.05) is 71.3 Å². The van der Waals surface area contributed by atoms with Crippen LogP contribution in [0.15, 0.2) is 87.0 Å². The van der Waals surface area contributed by atoms with Crippen molar-refractivity contribution in [2.75, 3.05) is 5.75 Å². The zero-order valence-corrected chi connectivity index (χ0v) is 17.2. The van der Waals surface area contributed by atoms with E-state index in [1.165, 1.54) is 11.8 Å². The van der Waals surface area contributed by atoms with Crippen LogP contribution in [-0.2, 0) is 6.54 Å². The molecule has 4 rings (SSSR count). The second kappa shape index (κ2) is 8.58. The monoisotopic (exact) mass is 453 g/mol. The number of benzene rings is 2. The molecule has 0 aliphatic carbocycles. The first-order chi connectivity index (χ1) is 13.7. The summed E-state index contributed by atoms with van der Waals surface area (Å²) in [5.74, 6) is 1.85. The molecule has 7 heteroatoms. The van der Waals surface area contributed by atoms with E-state index in [1.54, 1.807) is 6.26 Å². The SMILES string of the molecule is O=C(CSc1nnc(-c2ccccc2)n1Cc1ccco1)c1ccccc1Br. The van der Waals surface area contributed by atoms with Crippen molar-refractivity contribution in [3.63, 3.8) is 0 Å². The summed E-state index contributed by atoms with van der Waals surface area (Å²) in [6.45, 7) is 0.496. The van der Waals surface area contributed by atoms with Crippen LogP contribution in [0, 0.1) is 0 Å². The molecule has 4 aromatic rings. The Labute approximate surface area is 174 Å². The van der Waals surface area contributed by atoms with Crippen LogP contribution >= 0.6 is 27.7 Å². The Morgan fingerprint density at radius 1 is 1.00 bits per heavy atom. The molecule has 0 amide bonds. The van der Waals surface area contributed by atoms with E-state index in [9.17, 15) is 4.79 Å². The fourth-order valence-corrected chi connectivity index (χ4v) is 4.12. The van der Waals surface area contributed by atoms with Gasteiger partial charge in [0.2, 0.25) is 0 Å². The van der Waals surface area contributed by atoms with Gasteiger partial charge in [-0.05, 0) is 18.2 Å². The number of carbonyl (C=O) groups is 1. The van der Waals surface area contributed by atoms with E-state index in [-0.39, 0.29) is 11.5 Å². The minimum absolute atomic E-state index is 0.0336. The molecule has 2 heterocycles. The van der Waals surface area contributed by atoms with Crippen LogP contribution in [0.5, 0.6) is 0 Å². The van der Waals surface area contributed by atoms with E-state index in [0.717, 1.165) is 21.6 Å². The molecule has 5 nitrogen and oxygen atoms in total. The predicted molar refractivity (Wildman–Crippen MR) is 112 cm³/mol. The van der Waals surface area contributed by atoms with Gasteiger partial charge in [0.05, 0.1) is 18.6 Å². The number of rotatable bonds is 7. The molecular formula is C21H16BrN3O2S. The van der Waals surface area contributed by atoms with Crippen molar-refractivity contribution in [1.82, 2.24) is 14.8 Å². The third kappa shape index (κ3) is 4.10. The van der Waals surface area contributed by atoms with E-state index < -0.39 is 0 Å². The summed E-state index contributed by atoms with van der Waals surface area (Å²) in [6.07, 6.45) is 1.64. The first kappa shape index (κ1) is 18.7. The van der Waals surface area contributed by atoms with Crippen molar-refractivity contribution >= 4 is 33.5 Å². The molecule has 0 atom stereocenters. The van der Waals surface area contributed by atoms with Gasteiger partial charge in [-0.2, -0.15) is 0 Å². The summed E-state index contributed by atoms with van der Waals surface area (Å²) < 4.78 is 8.28. The quantitative estimate of drug-likeness (QED) is 0.279. The average Bonchev–Trinajstić information content (AvgIpc) is 3.38. The maximum absolute atomic E-state index is 12.6. The first-order valence-electron chi connectivity index (χ1n) is 8.64. The smallest absolute Gasteiger partial charge is 0.192 e. The van der Waals surface area contributed by atoms with Crippen LogP contribution in [-0.4, -0.2) is 26.3 Å². The van der Waals surface area contributed by atoms with Crippen molar-refractivity contribution < 1.29 is 9.21 Å². The van der Waals surface area contributed by atoms with Gasteiger partial charge in [0.1, 0.15) is 5.76 Å². The Kier molecular flexibility index (Phi) is 5.73. The van der Waals surface area contributed by atoms with Gasteiger partial charge in [-0.15, -0.1) is 10.2 Å². The molecule has 0 saturated heterocycles. The van der Waals surface area contributed by atoms with Crippen molar-refractivity contribution in [1.29, 1.82) is 0 Å². The zero-order chi connectivity index (χ0) is 19.3. The van der Waals surface area contributed by atoms with E-state index >= 15 is 0 Å². The van der Waals surface area contributed by atoms with Crippen LogP contribution in [0.2, 0.25) is 0 Å². The molecule has 0 unspecified atom stereocenters. The lowest BCUT2D eigenvalue weighted by Crippen LogP contribution is -2.07. The lowest BCUT2D eigenvalue weighted by atomic mass is 10.1. The highest BCUT2D eigenvalue weighted by Gasteiger charge is 2.18. The third-order valence-corrected chi connectivity index (χ3v) is 5.81. The molecule has 0 aliphatic rings. The van der Waals surface area contributed by atoms with E-state index in [2.05, 4.69) is 26.1 Å². The van der Waals surface area contributed by atoms with E-state index in [0.29, 0.717) is 17.3 Å². The number of hydrogen-bond donors (Lipinski definition) is 0. The Hall–Kier alpha value is -2.64. The molecule has 0 fully saturated rings. The molecule has 2 aromatic carbocycles. The summed E-state index contributed by atoms with van der Waals surface area (Å²) in [5.41, 5.74) is 1.63. The van der Waals surface area contributed by atoms with Crippen LogP contribution in [0.25, 0.3) is 11.4 Å². The van der Waals surface area contributed by atoms with Crippen LogP contribution in [0.1, 0.15) is 16.1 Å². The number of carbonyl (C=O) groups excluding carboxylic acids is 1. The number of Topliss-reactive ketones (excluding diaryl/α,β-unsaturated/α-hetero) is 1.